The summed E-state index contributed by atoms with van der Waals surface area (Å²) in [4.78, 5) is 8.09. The number of hydrogen-bond donors (Lipinski definition) is 3. The van der Waals surface area contributed by atoms with Crippen LogP contribution in [0, 0.1) is 0 Å². The number of nitrogens with zero attached hydrogens (tertiary/aromatic N) is 1. The molecule has 0 saturated carbocycles. The first kappa shape index (κ1) is 18.6. The summed E-state index contributed by atoms with van der Waals surface area (Å²) in [7, 11) is 0. The molecule has 1 heterocycles. The van der Waals surface area contributed by atoms with Crippen molar-refractivity contribution < 1.29 is 9.47 Å². The predicted octanol–water partition coefficient (Wildman–Crippen LogP) is 5.98. The summed E-state index contributed by atoms with van der Waals surface area (Å²) in [6.45, 7) is 0. The van der Waals surface area contributed by atoms with Gasteiger partial charge < -0.3 is 25.9 Å². The van der Waals surface area contributed by atoms with Crippen LogP contribution in [0.1, 0.15) is 0 Å². The van der Waals surface area contributed by atoms with Crippen molar-refractivity contribution in [3.8, 4) is 34.4 Å². The highest BCUT2D eigenvalue weighted by molar-refractivity contribution is 5.82. The third kappa shape index (κ3) is 4.00. The molecule has 0 unspecified atom stereocenters. The van der Waals surface area contributed by atoms with E-state index < -0.39 is 0 Å². The fraction of sp³-hybridized carbons (Fsp3) is 0. The van der Waals surface area contributed by atoms with Crippen LogP contribution in [-0.4, -0.2) is 9.97 Å². The molecule has 6 heteroatoms. The van der Waals surface area contributed by atoms with E-state index in [0.717, 1.165) is 22.3 Å². The van der Waals surface area contributed by atoms with Gasteiger partial charge in [0.15, 0.2) is 0 Å². The van der Waals surface area contributed by atoms with E-state index in [1.54, 1.807) is 18.2 Å². The lowest BCUT2D eigenvalue weighted by Gasteiger charge is -2.10. The molecule has 0 radical (unpaired) electrons. The maximum atomic E-state index is 6.08. The van der Waals surface area contributed by atoms with Crippen molar-refractivity contribution in [1.82, 2.24) is 9.97 Å². The quantitative estimate of drug-likeness (QED) is 0.311. The Kier molecular flexibility index (Phi) is 4.65. The Labute approximate surface area is 179 Å². The molecule has 0 saturated heterocycles. The van der Waals surface area contributed by atoms with Crippen LogP contribution >= 0.6 is 0 Å². The molecule has 0 spiro atoms. The number of aromatic nitrogens is 2. The van der Waals surface area contributed by atoms with Crippen molar-refractivity contribution in [1.29, 1.82) is 0 Å². The van der Waals surface area contributed by atoms with Gasteiger partial charge in [0.05, 0.1) is 16.6 Å². The minimum Gasteiger partial charge on any atom is -0.457 e. The number of hydrogen-bond acceptors (Lipinski definition) is 5. The summed E-state index contributed by atoms with van der Waals surface area (Å²) in [5.41, 5.74) is 15.5. The molecule has 0 atom stereocenters. The zero-order chi connectivity index (χ0) is 21.2. The molecular weight excluding hydrogens is 388 g/mol. The molecule has 0 aliphatic heterocycles. The minimum absolute atomic E-state index is 0.616. The Balaban J connectivity index is 1.48. The SMILES string of the molecule is Nc1ccc(Oc2ccc3nc(-c4ccc(N)cc4Oc4ccccc4)[nH]c3c2)cc1. The van der Waals surface area contributed by atoms with Gasteiger partial charge >= 0.3 is 0 Å². The number of H-pyrrole nitrogens is 1. The molecular formula is C25H20N4O2. The monoisotopic (exact) mass is 408 g/mol. The lowest BCUT2D eigenvalue weighted by molar-refractivity contribution is 0.483. The minimum atomic E-state index is 0.616. The molecule has 5 N–H and O–H groups in total. The number of ether oxygens (including phenoxy) is 2. The van der Waals surface area contributed by atoms with E-state index in [-0.39, 0.29) is 0 Å². The van der Waals surface area contributed by atoms with E-state index in [2.05, 4.69) is 4.98 Å². The van der Waals surface area contributed by atoms with Crippen LogP contribution in [0.25, 0.3) is 22.4 Å². The van der Waals surface area contributed by atoms with Crippen LogP contribution in [0.5, 0.6) is 23.0 Å². The second-order valence-corrected chi connectivity index (χ2v) is 7.11. The molecule has 152 valence electrons. The summed E-state index contributed by atoms with van der Waals surface area (Å²) >= 11 is 0. The summed E-state index contributed by atoms with van der Waals surface area (Å²) in [5.74, 6) is 3.45. The highest BCUT2D eigenvalue weighted by Crippen LogP contribution is 2.35. The predicted molar refractivity (Wildman–Crippen MR) is 123 cm³/mol. The highest BCUT2D eigenvalue weighted by Gasteiger charge is 2.13. The van der Waals surface area contributed by atoms with Crippen molar-refractivity contribution in [2.75, 3.05) is 11.5 Å². The lowest BCUT2D eigenvalue weighted by Crippen LogP contribution is -1.92. The number of anilines is 2. The van der Waals surface area contributed by atoms with Gasteiger partial charge in [0.25, 0.3) is 0 Å². The third-order valence-electron chi connectivity index (χ3n) is 4.80. The van der Waals surface area contributed by atoms with E-state index in [1.807, 2.05) is 72.8 Å². The summed E-state index contributed by atoms with van der Waals surface area (Å²) in [5, 5.41) is 0. The second-order valence-electron chi connectivity index (χ2n) is 7.11. The van der Waals surface area contributed by atoms with Gasteiger partial charge in [0, 0.05) is 23.5 Å². The Morgan fingerprint density at radius 3 is 2.16 bits per heavy atom. The zero-order valence-corrected chi connectivity index (χ0v) is 16.6. The summed E-state index contributed by atoms with van der Waals surface area (Å²) in [6.07, 6.45) is 0. The third-order valence-corrected chi connectivity index (χ3v) is 4.80. The molecule has 0 fully saturated rings. The van der Waals surface area contributed by atoms with Crippen LogP contribution in [0.15, 0.2) is 91.0 Å². The average Bonchev–Trinajstić information content (AvgIpc) is 3.19. The topological polar surface area (TPSA) is 99.2 Å². The molecule has 5 aromatic rings. The highest BCUT2D eigenvalue weighted by atomic mass is 16.5. The lowest BCUT2D eigenvalue weighted by atomic mass is 10.1. The molecule has 0 aliphatic carbocycles. The van der Waals surface area contributed by atoms with Crippen molar-refractivity contribution >= 4 is 22.4 Å². The number of fused-ring (bicyclic) bond motifs is 1. The average molecular weight is 408 g/mol. The van der Waals surface area contributed by atoms with Crippen LogP contribution < -0.4 is 20.9 Å². The number of nitrogens with one attached hydrogen (secondary N) is 1. The molecule has 31 heavy (non-hydrogen) atoms. The van der Waals surface area contributed by atoms with E-state index in [4.69, 9.17) is 25.9 Å². The number of para-hydroxylation sites is 1. The van der Waals surface area contributed by atoms with Crippen molar-refractivity contribution in [2.45, 2.75) is 0 Å². The van der Waals surface area contributed by atoms with Crippen LogP contribution in [-0.2, 0) is 0 Å². The normalized spacial score (nSPS) is 10.8. The fourth-order valence-electron chi connectivity index (χ4n) is 3.29. The van der Waals surface area contributed by atoms with Gasteiger partial charge in [0.1, 0.15) is 28.8 Å². The molecule has 4 aromatic carbocycles. The maximum absolute atomic E-state index is 6.08. The molecule has 5 rings (SSSR count). The second kappa shape index (κ2) is 7.76. The summed E-state index contributed by atoms with van der Waals surface area (Å²) < 4.78 is 12.0. The van der Waals surface area contributed by atoms with E-state index >= 15 is 0 Å². The van der Waals surface area contributed by atoms with Crippen LogP contribution in [0.2, 0.25) is 0 Å². The van der Waals surface area contributed by atoms with E-state index in [9.17, 15) is 0 Å². The number of nitrogens with two attached hydrogens (primary N) is 2. The first-order chi connectivity index (χ1) is 15.1. The van der Waals surface area contributed by atoms with Gasteiger partial charge in [-0.15, -0.1) is 0 Å². The standard InChI is InChI=1S/C25H20N4O2/c26-16-6-9-19(10-7-16)30-20-11-13-22-23(15-20)29-25(28-22)21-12-8-17(27)14-24(21)31-18-4-2-1-3-5-18/h1-15H,26-27H2,(H,28,29). The molecule has 1 aromatic heterocycles. The molecule has 0 bridgehead atoms. The maximum Gasteiger partial charge on any atom is 0.142 e. The van der Waals surface area contributed by atoms with Crippen molar-refractivity contribution in [2.24, 2.45) is 0 Å². The Morgan fingerprint density at radius 2 is 1.35 bits per heavy atom. The largest absolute Gasteiger partial charge is 0.457 e. The van der Waals surface area contributed by atoms with Gasteiger partial charge in [-0.3, -0.25) is 0 Å². The number of nitrogen functional groups attached to an aromatic ring is 2. The molecule has 6 nitrogen and oxygen atoms in total. The van der Waals surface area contributed by atoms with Gasteiger partial charge in [-0.1, -0.05) is 18.2 Å². The number of imidazole rings is 1. The smallest absolute Gasteiger partial charge is 0.142 e. The van der Waals surface area contributed by atoms with Gasteiger partial charge in [-0.05, 0) is 60.7 Å². The molecule has 0 aliphatic rings. The van der Waals surface area contributed by atoms with Crippen molar-refractivity contribution in [3.63, 3.8) is 0 Å². The van der Waals surface area contributed by atoms with Crippen LogP contribution in [0.4, 0.5) is 11.4 Å². The first-order valence-electron chi connectivity index (χ1n) is 9.80. The van der Waals surface area contributed by atoms with Gasteiger partial charge in [-0.2, -0.15) is 0 Å². The fourth-order valence-corrected chi connectivity index (χ4v) is 3.29. The van der Waals surface area contributed by atoms with Gasteiger partial charge in [0.2, 0.25) is 0 Å². The van der Waals surface area contributed by atoms with E-state index in [0.29, 0.717) is 34.4 Å². The Morgan fingerprint density at radius 1 is 0.645 bits per heavy atom. The van der Waals surface area contributed by atoms with Crippen molar-refractivity contribution in [3.05, 3.63) is 91.0 Å². The number of rotatable bonds is 5. The molecule has 0 amide bonds. The number of aromatic amines is 1. The zero-order valence-electron chi connectivity index (χ0n) is 16.6. The van der Waals surface area contributed by atoms with Gasteiger partial charge in [-0.25, -0.2) is 4.98 Å². The number of benzene rings is 4. The Hall–Kier alpha value is -4.45. The summed E-state index contributed by atoms with van der Waals surface area (Å²) in [6, 6.07) is 28.1. The van der Waals surface area contributed by atoms with Crippen LogP contribution in [0.3, 0.4) is 0 Å². The Bertz CT molecular complexity index is 1350. The first-order valence-corrected chi connectivity index (χ1v) is 9.80. The van der Waals surface area contributed by atoms with E-state index in [1.165, 1.54) is 0 Å².